The first-order valence-electron chi connectivity index (χ1n) is 7.79. The van der Waals surface area contributed by atoms with Crippen molar-refractivity contribution in [3.63, 3.8) is 0 Å². The van der Waals surface area contributed by atoms with Crippen molar-refractivity contribution in [2.24, 2.45) is 5.92 Å². The van der Waals surface area contributed by atoms with Crippen molar-refractivity contribution in [3.05, 3.63) is 34.9 Å². The number of carbonyl (C=O) groups excluding carboxylic acids is 1. The Morgan fingerprint density at radius 3 is 2.67 bits per heavy atom. The second-order valence-electron chi connectivity index (χ2n) is 6.87. The highest BCUT2D eigenvalue weighted by Crippen LogP contribution is 2.47. The predicted octanol–water partition coefficient (Wildman–Crippen LogP) is 3.74. The van der Waals surface area contributed by atoms with Gasteiger partial charge in [-0.25, -0.2) is 0 Å². The SMILES string of the molecule is CC(C)CC(C)N1C(=O)C2(CC2)NC1c1cccc(Cl)c1. The quantitative estimate of drug-likeness (QED) is 0.919. The molecule has 4 heteroatoms. The van der Waals surface area contributed by atoms with Gasteiger partial charge in [-0.05, 0) is 49.8 Å². The highest BCUT2D eigenvalue weighted by atomic mass is 35.5. The van der Waals surface area contributed by atoms with Gasteiger partial charge in [0.05, 0.1) is 0 Å². The highest BCUT2D eigenvalue weighted by molar-refractivity contribution is 6.30. The van der Waals surface area contributed by atoms with Gasteiger partial charge in [-0.2, -0.15) is 0 Å². The zero-order valence-electron chi connectivity index (χ0n) is 12.9. The van der Waals surface area contributed by atoms with Crippen LogP contribution in [0.15, 0.2) is 24.3 Å². The van der Waals surface area contributed by atoms with Crippen molar-refractivity contribution in [2.45, 2.75) is 57.8 Å². The molecule has 21 heavy (non-hydrogen) atoms. The number of benzene rings is 1. The second kappa shape index (κ2) is 5.29. The third kappa shape index (κ3) is 2.69. The molecule has 3 rings (SSSR count). The Kier molecular flexibility index (Phi) is 3.74. The normalized spacial score (nSPS) is 24.9. The second-order valence-corrected chi connectivity index (χ2v) is 7.31. The molecule has 1 heterocycles. The first kappa shape index (κ1) is 14.9. The van der Waals surface area contributed by atoms with Crippen molar-refractivity contribution in [1.29, 1.82) is 0 Å². The number of hydrogen-bond acceptors (Lipinski definition) is 2. The van der Waals surface area contributed by atoms with Gasteiger partial charge in [-0.1, -0.05) is 37.6 Å². The summed E-state index contributed by atoms with van der Waals surface area (Å²) in [5.41, 5.74) is 0.785. The van der Waals surface area contributed by atoms with E-state index >= 15 is 0 Å². The summed E-state index contributed by atoms with van der Waals surface area (Å²) in [7, 11) is 0. The molecule has 3 nitrogen and oxygen atoms in total. The van der Waals surface area contributed by atoms with E-state index < -0.39 is 0 Å². The van der Waals surface area contributed by atoms with E-state index in [1.54, 1.807) is 0 Å². The lowest BCUT2D eigenvalue weighted by atomic mass is 10.0. The van der Waals surface area contributed by atoms with Crippen LogP contribution in [-0.2, 0) is 4.79 Å². The zero-order chi connectivity index (χ0) is 15.2. The van der Waals surface area contributed by atoms with E-state index in [1.165, 1.54) is 0 Å². The molecule has 2 aliphatic rings. The van der Waals surface area contributed by atoms with Crippen LogP contribution in [0.25, 0.3) is 0 Å². The number of rotatable bonds is 4. The minimum Gasteiger partial charge on any atom is -0.319 e. The summed E-state index contributed by atoms with van der Waals surface area (Å²) >= 11 is 6.13. The maximum absolute atomic E-state index is 12.8. The van der Waals surface area contributed by atoms with Crippen LogP contribution in [0.4, 0.5) is 0 Å². The predicted molar refractivity (Wildman–Crippen MR) is 85.1 cm³/mol. The van der Waals surface area contributed by atoms with Crippen LogP contribution in [0.3, 0.4) is 0 Å². The van der Waals surface area contributed by atoms with Crippen LogP contribution in [-0.4, -0.2) is 22.4 Å². The maximum atomic E-state index is 12.8. The van der Waals surface area contributed by atoms with Crippen LogP contribution in [0.5, 0.6) is 0 Å². The largest absolute Gasteiger partial charge is 0.319 e. The fourth-order valence-corrected chi connectivity index (χ4v) is 3.61. The van der Waals surface area contributed by atoms with Crippen molar-refractivity contribution in [2.75, 3.05) is 0 Å². The minimum absolute atomic E-state index is 0.0487. The van der Waals surface area contributed by atoms with E-state index in [-0.39, 0.29) is 23.7 Å². The molecule has 1 saturated heterocycles. The summed E-state index contributed by atoms with van der Waals surface area (Å²) in [6.45, 7) is 6.55. The van der Waals surface area contributed by atoms with Gasteiger partial charge in [0.15, 0.2) is 0 Å². The molecule has 1 aromatic carbocycles. The zero-order valence-corrected chi connectivity index (χ0v) is 13.7. The Hall–Kier alpha value is -1.06. The van der Waals surface area contributed by atoms with Crippen molar-refractivity contribution in [1.82, 2.24) is 10.2 Å². The van der Waals surface area contributed by atoms with Gasteiger partial charge >= 0.3 is 0 Å². The summed E-state index contributed by atoms with van der Waals surface area (Å²) < 4.78 is 0. The van der Waals surface area contributed by atoms with E-state index in [0.29, 0.717) is 5.92 Å². The molecule has 1 saturated carbocycles. The fraction of sp³-hybridized carbons (Fsp3) is 0.588. The van der Waals surface area contributed by atoms with Crippen molar-refractivity contribution >= 4 is 17.5 Å². The smallest absolute Gasteiger partial charge is 0.244 e. The lowest BCUT2D eigenvalue weighted by Gasteiger charge is -2.31. The number of amides is 1. The van der Waals surface area contributed by atoms with E-state index in [0.717, 1.165) is 29.8 Å². The average molecular weight is 307 g/mol. The molecule has 0 bridgehead atoms. The summed E-state index contributed by atoms with van der Waals surface area (Å²) in [5.74, 6) is 0.837. The Labute approximate surface area is 131 Å². The lowest BCUT2D eigenvalue weighted by Crippen LogP contribution is -2.39. The minimum atomic E-state index is -0.293. The monoisotopic (exact) mass is 306 g/mol. The molecule has 0 aromatic heterocycles. The Balaban J connectivity index is 1.91. The van der Waals surface area contributed by atoms with Gasteiger partial charge in [0.25, 0.3) is 0 Å². The van der Waals surface area contributed by atoms with Crippen molar-refractivity contribution < 1.29 is 4.79 Å². The molecule has 0 radical (unpaired) electrons. The Bertz CT molecular complexity index is 553. The standard InChI is InChI=1S/C17H23ClN2O/c1-11(2)9-12(3)20-15(13-5-4-6-14(18)10-13)19-17(7-8-17)16(20)21/h4-6,10-12,15,19H,7-9H2,1-3H3. The van der Waals surface area contributed by atoms with Crippen LogP contribution in [0.1, 0.15) is 51.8 Å². The molecule has 1 aliphatic carbocycles. The summed E-state index contributed by atoms with van der Waals surface area (Å²) in [5, 5.41) is 4.27. The molecule has 1 amide bonds. The van der Waals surface area contributed by atoms with E-state index in [2.05, 4.69) is 26.1 Å². The third-order valence-corrected chi connectivity index (χ3v) is 4.77. The summed E-state index contributed by atoms with van der Waals surface area (Å²) in [6, 6.07) is 8.06. The van der Waals surface area contributed by atoms with Crippen molar-refractivity contribution in [3.8, 4) is 0 Å². The Morgan fingerprint density at radius 2 is 2.10 bits per heavy atom. The molecule has 1 aliphatic heterocycles. The first-order chi connectivity index (χ1) is 9.93. The molecular formula is C17H23ClN2O. The molecule has 1 N–H and O–H groups in total. The summed E-state index contributed by atoms with van der Waals surface area (Å²) in [4.78, 5) is 14.9. The molecule has 1 aromatic rings. The van der Waals surface area contributed by atoms with Gasteiger partial charge in [-0.15, -0.1) is 0 Å². The number of carbonyl (C=O) groups is 1. The lowest BCUT2D eigenvalue weighted by molar-refractivity contribution is -0.133. The fourth-order valence-electron chi connectivity index (χ4n) is 3.41. The molecule has 2 unspecified atom stereocenters. The topological polar surface area (TPSA) is 32.3 Å². The third-order valence-electron chi connectivity index (χ3n) is 4.54. The van der Waals surface area contributed by atoms with Crippen LogP contribution < -0.4 is 5.32 Å². The van der Waals surface area contributed by atoms with Gasteiger partial charge in [0.1, 0.15) is 11.7 Å². The number of nitrogens with zero attached hydrogens (tertiary/aromatic N) is 1. The van der Waals surface area contributed by atoms with Crippen LogP contribution in [0.2, 0.25) is 5.02 Å². The number of nitrogens with one attached hydrogen (secondary N) is 1. The van der Waals surface area contributed by atoms with E-state index in [9.17, 15) is 4.79 Å². The molecule has 1 spiro atoms. The van der Waals surface area contributed by atoms with Gasteiger partial charge in [0.2, 0.25) is 5.91 Å². The van der Waals surface area contributed by atoms with E-state index in [1.807, 2.05) is 29.2 Å². The molecular weight excluding hydrogens is 284 g/mol. The first-order valence-corrected chi connectivity index (χ1v) is 8.17. The maximum Gasteiger partial charge on any atom is 0.244 e. The van der Waals surface area contributed by atoms with Gasteiger partial charge < -0.3 is 4.90 Å². The van der Waals surface area contributed by atoms with Gasteiger partial charge in [0, 0.05) is 11.1 Å². The number of hydrogen-bond donors (Lipinski definition) is 1. The molecule has 114 valence electrons. The van der Waals surface area contributed by atoms with E-state index in [4.69, 9.17) is 11.6 Å². The van der Waals surface area contributed by atoms with Crippen LogP contribution >= 0.6 is 11.6 Å². The number of halogens is 1. The molecule has 2 atom stereocenters. The van der Waals surface area contributed by atoms with Crippen LogP contribution in [0, 0.1) is 5.92 Å². The average Bonchev–Trinajstić information content (AvgIpc) is 3.11. The summed E-state index contributed by atoms with van der Waals surface area (Å²) in [6.07, 6.45) is 2.87. The van der Waals surface area contributed by atoms with Gasteiger partial charge in [-0.3, -0.25) is 10.1 Å². The molecule has 2 fully saturated rings. The Morgan fingerprint density at radius 1 is 1.38 bits per heavy atom. The highest BCUT2D eigenvalue weighted by Gasteiger charge is 2.60.